The number of carbonyl (C=O) groups excluding carboxylic acids is 2. The molecule has 0 aromatic heterocycles. The highest BCUT2D eigenvalue weighted by molar-refractivity contribution is 5.88. The molecule has 0 spiro atoms. The van der Waals surface area contributed by atoms with Gasteiger partial charge in [0.25, 0.3) is 0 Å². The zero-order valence-corrected chi connectivity index (χ0v) is 8.72. The minimum absolute atomic E-state index is 0.468. The summed E-state index contributed by atoms with van der Waals surface area (Å²) in [6.07, 6.45) is 2.99. The molecule has 1 radical (unpaired) electrons. The van der Waals surface area contributed by atoms with Crippen LogP contribution in [-0.4, -0.2) is 17.9 Å². The fourth-order valence-corrected chi connectivity index (χ4v) is 0.886. The molecule has 0 N–H and O–H groups in total. The van der Waals surface area contributed by atoms with Gasteiger partial charge in [0.1, 0.15) is 11.5 Å². The first-order valence-corrected chi connectivity index (χ1v) is 4.51. The second kappa shape index (κ2) is 5.00. The van der Waals surface area contributed by atoms with E-state index in [1.807, 2.05) is 6.92 Å². The summed E-state index contributed by atoms with van der Waals surface area (Å²) < 4.78 is 5.04. The van der Waals surface area contributed by atoms with Crippen molar-refractivity contribution in [3.63, 3.8) is 0 Å². The molecule has 0 amide bonds. The first kappa shape index (κ1) is 12.1. The summed E-state index contributed by atoms with van der Waals surface area (Å²) in [4.78, 5) is 21.7. The Hall–Kier alpha value is -0.860. The minimum Gasteiger partial charge on any atom is -0.459 e. The van der Waals surface area contributed by atoms with E-state index in [0.717, 1.165) is 6.42 Å². The third kappa shape index (κ3) is 5.39. The summed E-state index contributed by atoms with van der Waals surface area (Å²) in [6, 6.07) is 0. The lowest BCUT2D eigenvalue weighted by Crippen LogP contribution is -2.29. The molecule has 0 aliphatic rings. The predicted molar refractivity (Wildman–Crippen MR) is 49.9 cm³/mol. The molecule has 0 aliphatic heterocycles. The van der Waals surface area contributed by atoms with Crippen LogP contribution >= 0.6 is 0 Å². The molecule has 1 unspecified atom stereocenters. The zero-order valence-electron chi connectivity index (χ0n) is 8.72. The molecule has 0 aliphatic carbocycles. The first-order valence-electron chi connectivity index (χ1n) is 4.51. The van der Waals surface area contributed by atoms with Gasteiger partial charge in [-0.3, -0.25) is 9.59 Å². The molecule has 0 saturated heterocycles. The van der Waals surface area contributed by atoms with Gasteiger partial charge in [-0.15, -0.1) is 0 Å². The number of rotatable bonds is 4. The molecule has 1 atom stereocenters. The Bertz CT molecular complexity index is 179. The fourth-order valence-electron chi connectivity index (χ4n) is 0.886. The molecular weight excluding hydrogens is 168 g/mol. The van der Waals surface area contributed by atoms with Gasteiger partial charge < -0.3 is 4.74 Å². The van der Waals surface area contributed by atoms with Crippen molar-refractivity contribution in [2.45, 2.75) is 46.1 Å². The van der Waals surface area contributed by atoms with Crippen molar-refractivity contribution in [2.24, 2.45) is 5.92 Å². The first-order chi connectivity index (χ1) is 5.90. The molecule has 0 aromatic rings. The number of ether oxygens (including phenoxy) is 1. The Kier molecular flexibility index (Phi) is 4.67. The van der Waals surface area contributed by atoms with E-state index in [1.165, 1.54) is 0 Å². The van der Waals surface area contributed by atoms with Gasteiger partial charge in [0.2, 0.25) is 6.29 Å². The topological polar surface area (TPSA) is 43.4 Å². The van der Waals surface area contributed by atoms with Crippen LogP contribution in [0.4, 0.5) is 0 Å². The van der Waals surface area contributed by atoms with Crippen LogP contribution in [0, 0.1) is 5.92 Å². The maximum Gasteiger partial charge on any atom is 0.317 e. The van der Waals surface area contributed by atoms with Crippen molar-refractivity contribution in [1.29, 1.82) is 0 Å². The van der Waals surface area contributed by atoms with Crippen LogP contribution in [0.3, 0.4) is 0 Å². The second-order valence-corrected chi connectivity index (χ2v) is 3.99. The van der Waals surface area contributed by atoms with E-state index in [1.54, 1.807) is 27.1 Å². The monoisotopic (exact) mass is 185 g/mol. The smallest absolute Gasteiger partial charge is 0.317 e. The molecule has 0 aromatic carbocycles. The number of hydrogen-bond acceptors (Lipinski definition) is 3. The molecule has 0 rings (SSSR count). The van der Waals surface area contributed by atoms with Crippen molar-refractivity contribution < 1.29 is 14.3 Å². The van der Waals surface area contributed by atoms with Crippen molar-refractivity contribution in [1.82, 2.24) is 0 Å². The summed E-state index contributed by atoms with van der Waals surface area (Å²) in [5, 5.41) is 0. The van der Waals surface area contributed by atoms with E-state index in [9.17, 15) is 9.59 Å². The molecule has 0 saturated carbocycles. The molecule has 3 heteroatoms. The Balaban J connectivity index is 4.14. The van der Waals surface area contributed by atoms with E-state index in [-0.39, 0.29) is 0 Å². The second-order valence-electron chi connectivity index (χ2n) is 3.99. The maximum absolute atomic E-state index is 11.3. The molecule has 75 valence electrons. The average Bonchev–Trinajstić information content (AvgIpc) is 1.96. The molecule has 0 fully saturated rings. The Morgan fingerprint density at radius 3 is 2.31 bits per heavy atom. The lowest BCUT2D eigenvalue weighted by atomic mass is 10.1. The lowest BCUT2D eigenvalue weighted by molar-refractivity contribution is -0.157. The lowest BCUT2D eigenvalue weighted by Gasteiger charge is -2.21. The van der Waals surface area contributed by atoms with Gasteiger partial charge in [-0.1, -0.05) is 13.3 Å². The van der Waals surface area contributed by atoms with Gasteiger partial charge in [0.15, 0.2) is 0 Å². The summed E-state index contributed by atoms with van der Waals surface area (Å²) in [5.74, 6) is -1.19. The van der Waals surface area contributed by atoms with Crippen LogP contribution in [0.5, 0.6) is 0 Å². The quantitative estimate of drug-likeness (QED) is 0.496. The van der Waals surface area contributed by atoms with E-state index >= 15 is 0 Å². The number of carbonyl (C=O) groups is 1. The van der Waals surface area contributed by atoms with E-state index in [0.29, 0.717) is 6.42 Å². The van der Waals surface area contributed by atoms with Crippen LogP contribution in [-0.2, 0) is 14.3 Å². The summed E-state index contributed by atoms with van der Waals surface area (Å²) >= 11 is 0. The molecule has 0 heterocycles. The summed E-state index contributed by atoms with van der Waals surface area (Å²) in [6.45, 7) is 7.24. The van der Waals surface area contributed by atoms with Crippen molar-refractivity contribution in [3.05, 3.63) is 0 Å². The third-order valence-electron chi connectivity index (χ3n) is 1.41. The molecule has 3 nitrogen and oxygen atoms in total. The highest BCUT2D eigenvalue weighted by Gasteiger charge is 2.24. The van der Waals surface area contributed by atoms with Crippen LogP contribution in [0.25, 0.3) is 0 Å². The van der Waals surface area contributed by atoms with E-state index in [2.05, 4.69) is 0 Å². The zero-order chi connectivity index (χ0) is 10.5. The molecule has 13 heavy (non-hydrogen) atoms. The van der Waals surface area contributed by atoms with Crippen LogP contribution in [0.15, 0.2) is 0 Å². The number of esters is 1. The van der Waals surface area contributed by atoms with Gasteiger partial charge >= 0.3 is 5.97 Å². The summed E-state index contributed by atoms with van der Waals surface area (Å²) in [5.41, 5.74) is -0.528. The van der Waals surface area contributed by atoms with Gasteiger partial charge in [0.05, 0.1) is 0 Å². The van der Waals surface area contributed by atoms with Crippen molar-refractivity contribution in [2.75, 3.05) is 0 Å². The third-order valence-corrected chi connectivity index (χ3v) is 1.41. The number of hydrogen-bond donors (Lipinski definition) is 0. The highest BCUT2D eigenvalue weighted by atomic mass is 16.6. The maximum atomic E-state index is 11.3. The van der Waals surface area contributed by atoms with Gasteiger partial charge in [0, 0.05) is 0 Å². The Morgan fingerprint density at radius 2 is 2.00 bits per heavy atom. The molecular formula is C10H17O3. The standard InChI is InChI=1S/C10H17O3/c1-5-6-8(7-11)9(12)13-10(2,3)4/h8H,5-6H2,1-4H3. The predicted octanol–water partition coefficient (Wildman–Crippen LogP) is 1.85. The summed E-state index contributed by atoms with van der Waals surface area (Å²) in [7, 11) is 0. The highest BCUT2D eigenvalue weighted by Crippen LogP contribution is 2.13. The Labute approximate surface area is 79.5 Å². The van der Waals surface area contributed by atoms with Crippen LogP contribution in [0.2, 0.25) is 0 Å². The molecule has 0 bridgehead atoms. The SMILES string of the molecule is CCCC([C]=O)C(=O)OC(C)(C)C. The fraction of sp³-hybridized carbons (Fsp3) is 0.800. The van der Waals surface area contributed by atoms with E-state index < -0.39 is 17.5 Å². The average molecular weight is 185 g/mol. The van der Waals surface area contributed by atoms with Crippen molar-refractivity contribution in [3.8, 4) is 0 Å². The van der Waals surface area contributed by atoms with Gasteiger partial charge in [-0.2, -0.15) is 0 Å². The van der Waals surface area contributed by atoms with Crippen LogP contribution in [0.1, 0.15) is 40.5 Å². The minimum atomic E-state index is -0.718. The largest absolute Gasteiger partial charge is 0.459 e. The Morgan fingerprint density at radius 1 is 1.46 bits per heavy atom. The normalized spacial score (nSPS) is 13.5. The van der Waals surface area contributed by atoms with Gasteiger partial charge in [-0.25, -0.2) is 0 Å². The van der Waals surface area contributed by atoms with Gasteiger partial charge in [-0.05, 0) is 27.2 Å². The van der Waals surface area contributed by atoms with Crippen LogP contribution < -0.4 is 0 Å². The van der Waals surface area contributed by atoms with Crippen molar-refractivity contribution >= 4 is 12.3 Å². The van der Waals surface area contributed by atoms with E-state index in [4.69, 9.17) is 4.74 Å².